The Labute approximate surface area is 86.6 Å². The zero-order chi connectivity index (χ0) is 10.7. The molecule has 0 atom stereocenters. The van der Waals surface area contributed by atoms with Gasteiger partial charge in [0, 0.05) is 18.3 Å². The van der Waals surface area contributed by atoms with E-state index in [2.05, 4.69) is 5.32 Å². The number of hydrogen-bond acceptors (Lipinski definition) is 4. The largest absolute Gasteiger partial charge is 0.481 e. The lowest BCUT2D eigenvalue weighted by molar-refractivity contribution is -0.136. The fourth-order valence-electron chi connectivity index (χ4n) is 1.32. The Morgan fingerprint density at radius 2 is 2.20 bits per heavy atom. The first kappa shape index (κ1) is 9.64. The van der Waals surface area contributed by atoms with Crippen LogP contribution in [0.2, 0.25) is 0 Å². The molecule has 0 aromatic heterocycles. The Hall–Kier alpha value is -1.91. The van der Waals surface area contributed by atoms with Crippen LogP contribution in [0.1, 0.15) is 6.42 Å². The number of carboxylic acids is 1. The predicted octanol–water partition coefficient (Wildman–Crippen LogP) is 1.30. The van der Waals surface area contributed by atoms with Crippen LogP contribution in [-0.4, -0.2) is 24.4 Å². The summed E-state index contributed by atoms with van der Waals surface area (Å²) in [7, 11) is 0. The highest BCUT2D eigenvalue weighted by Gasteiger charge is 2.12. The zero-order valence-corrected chi connectivity index (χ0v) is 8.03. The molecule has 1 aliphatic rings. The molecule has 0 fully saturated rings. The lowest BCUT2D eigenvalue weighted by Gasteiger charge is -2.05. The van der Waals surface area contributed by atoms with Gasteiger partial charge in [0.05, 0.1) is 6.42 Å². The van der Waals surface area contributed by atoms with Gasteiger partial charge in [-0.1, -0.05) is 0 Å². The number of nitrogens with one attached hydrogen (secondary N) is 1. The van der Waals surface area contributed by atoms with Gasteiger partial charge in [-0.15, -0.1) is 0 Å². The van der Waals surface area contributed by atoms with Crippen LogP contribution in [0.5, 0.6) is 11.5 Å². The summed E-state index contributed by atoms with van der Waals surface area (Å²) < 4.78 is 10.3. The molecule has 0 radical (unpaired) electrons. The minimum atomic E-state index is -0.816. The van der Waals surface area contributed by atoms with Crippen molar-refractivity contribution in [2.24, 2.45) is 0 Å². The number of carboxylic acid groups (broad SMARTS) is 1. The average Bonchev–Trinajstić information content (AvgIpc) is 2.64. The minimum absolute atomic E-state index is 0.0917. The van der Waals surface area contributed by atoms with Crippen molar-refractivity contribution < 1.29 is 19.4 Å². The molecular weight excluding hydrogens is 198 g/mol. The highest BCUT2D eigenvalue weighted by atomic mass is 16.7. The van der Waals surface area contributed by atoms with E-state index in [1.54, 1.807) is 12.1 Å². The molecule has 2 N–H and O–H groups in total. The van der Waals surface area contributed by atoms with Crippen molar-refractivity contribution in [2.45, 2.75) is 6.42 Å². The molecule has 0 amide bonds. The third kappa shape index (κ3) is 2.31. The first-order chi connectivity index (χ1) is 7.25. The third-order valence-corrected chi connectivity index (χ3v) is 2.04. The van der Waals surface area contributed by atoms with E-state index in [-0.39, 0.29) is 13.2 Å². The summed E-state index contributed by atoms with van der Waals surface area (Å²) in [6, 6.07) is 5.42. The van der Waals surface area contributed by atoms with E-state index in [0.717, 1.165) is 11.4 Å². The second-order valence-corrected chi connectivity index (χ2v) is 3.14. The number of ether oxygens (including phenoxy) is 2. The maximum Gasteiger partial charge on any atom is 0.305 e. The third-order valence-electron chi connectivity index (χ3n) is 2.04. The molecule has 1 aromatic carbocycles. The Kier molecular flexibility index (Phi) is 2.62. The Morgan fingerprint density at radius 3 is 3.00 bits per heavy atom. The van der Waals surface area contributed by atoms with Crippen LogP contribution in [-0.2, 0) is 4.79 Å². The van der Waals surface area contributed by atoms with Gasteiger partial charge in [-0.05, 0) is 12.1 Å². The molecule has 0 spiro atoms. The zero-order valence-electron chi connectivity index (χ0n) is 8.03. The molecule has 5 nitrogen and oxygen atoms in total. The van der Waals surface area contributed by atoms with Crippen molar-refractivity contribution in [2.75, 3.05) is 18.7 Å². The second kappa shape index (κ2) is 4.08. The molecule has 1 aromatic rings. The molecule has 1 aliphatic heterocycles. The van der Waals surface area contributed by atoms with Crippen LogP contribution in [0.3, 0.4) is 0 Å². The SMILES string of the molecule is O=C(O)CCNc1ccc2c(c1)OCO2. The van der Waals surface area contributed by atoms with E-state index >= 15 is 0 Å². The van der Waals surface area contributed by atoms with Gasteiger partial charge >= 0.3 is 5.97 Å². The molecule has 0 aliphatic carbocycles. The van der Waals surface area contributed by atoms with Crippen LogP contribution in [0.4, 0.5) is 5.69 Å². The summed E-state index contributed by atoms with van der Waals surface area (Å²) in [5.74, 6) is 0.595. The van der Waals surface area contributed by atoms with E-state index in [0.29, 0.717) is 12.3 Å². The topological polar surface area (TPSA) is 67.8 Å². The van der Waals surface area contributed by atoms with E-state index in [9.17, 15) is 4.79 Å². The van der Waals surface area contributed by atoms with Crippen molar-refractivity contribution >= 4 is 11.7 Å². The molecule has 80 valence electrons. The molecule has 2 rings (SSSR count). The first-order valence-electron chi connectivity index (χ1n) is 4.61. The van der Waals surface area contributed by atoms with Crippen LogP contribution >= 0.6 is 0 Å². The van der Waals surface area contributed by atoms with Gasteiger partial charge < -0.3 is 19.9 Å². The van der Waals surface area contributed by atoms with E-state index in [1.807, 2.05) is 6.07 Å². The molecule has 0 saturated heterocycles. The fraction of sp³-hybridized carbons (Fsp3) is 0.300. The number of hydrogen-bond donors (Lipinski definition) is 2. The number of aliphatic carboxylic acids is 1. The van der Waals surface area contributed by atoms with Crippen molar-refractivity contribution in [1.29, 1.82) is 0 Å². The van der Waals surface area contributed by atoms with Crippen molar-refractivity contribution in [1.82, 2.24) is 0 Å². The summed E-state index contributed by atoms with van der Waals surface area (Å²) in [5.41, 5.74) is 0.834. The number of carbonyl (C=O) groups is 1. The maximum absolute atomic E-state index is 10.3. The molecular formula is C10H11NO4. The van der Waals surface area contributed by atoms with Crippen molar-refractivity contribution in [3.63, 3.8) is 0 Å². The van der Waals surface area contributed by atoms with Gasteiger partial charge in [-0.3, -0.25) is 4.79 Å². The molecule has 0 unspecified atom stereocenters. The highest BCUT2D eigenvalue weighted by molar-refractivity contribution is 5.67. The molecule has 1 heterocycles. The summed E-state index contributed by atoms with van der Waals surface area (Å²) in [6.45, 7) is 0.642. The smallest absolute Gasteiger partial charge is 0.305 e. The van der Waals surface area contributed by atoms with E-state index in [1.165, 1.54) is 0 Å². The van der Waals surface area contributed by atoms with Crippen LogP contribution < -0.4 is 14.8 Å². The Morgan fingerprint density at radius 1 is 1.40 bits per heavy atom. The quantitative estimate of drug-likeness (QED) is 0.782. The summed E-state index contributed by atoms with van der Waals surface area (Å²) in [6.07, 6.45) is 0.0917. The van der Waals surface area contributed by atoms with Gasteiger partial charge in [-0.25, -0.2) is 0 Å². The molecule has 0 bridgehead atoms. The summed E-state index contributed by atoms with van der Waals surface area (Å²) in [4.78, 5) is 10.3. The van der Waals surface area contributed by atoms with Gasteiger partial charge in [0.25, 0.3) is 0 Å². The van der Waals surface area contributed by atoms with Gasteiger partial charge in [0.15, 0.2) is 11.5 Å². The van der Waals surface area contributed by atoms with E-state index < -0.39 is 5.97 Å². The Balaban J connectivity index is 1.95. The lowest BCUT2D eigenvalue weighted by atomic mass is 10.2. The van der Waals surface area contributed by atoms with Crippen LogP contribution in [0.15, 0.2) is 18.2 Å². The maximum atomic E-state index is 10.3. The van der Waals surface area contributed by atoms with Gasteiger partial charge in [0.1, 0.15) is 0 Å². The molecule has 0 saturated carbocycles. The fourth-order valence-corrected chi connectivity index (χ4v) is 1.32. The minimum Gasteiger partial charge on any atom is -0.481 e. The summed E-state index contributed by atoms with van der Waals surface area (Å²) in [5, 5.41) is 11.5. The standard InChI is InChI=1S/C10H11NO4/c12-10(13)3-4-11-7-1-2-8-9(5-7)15-6-14-8/h1-2,5,11H,3-4,6H2,(H,12,13). The van der Waals surface area contributed by atoms with Gasteiger partial charge in [-0.2, -0.15) is 0 Å². The molecule has 15 heavy (non-hydrogen) atoms. The number of rotatable bonds is 4. The molecule has 5 heteroatoms. The monoisotopic (exact) mass is 209 g/mol. The first-order valence-corrected chi connectivity index (χ1v) is 4.61. The second-order valence-electron chi connectivity index (χ2n) is 3.14. The van der Waals surface area contributed by atoms with Crippen LogP contribution in [0.25, 0.3) is 0 Å². The average molecular weight is 209 g/mol. The van der Waals surface area contributed by atoms with Crippen molar-refractivity contribution in [3.05, 3.63) is 18.2 Å². The number of anilines is 1. The number of fused-ring (bicyclic) bond motifs is 1. The summed E-state index contributed by atoms with van der Waals surface area (Å²) >= 11 is 0. The lowest BCUT2D eigenvalue weighted by Crippen LogP contribution is -2.07. The normalized spacial score (nSPS) is 12.5. The number of benzene rings is 1. The van der Waals surface area contributed by atoms with Gasteiger partial charge in [0.2, 0.25) is 6.79 Å². The highest BCUT2D eigenvalue weighted by Crippen LogP contribution is 2.34. The Bertz CT molecular complexity index is 378. The van der Waals surface area contributed by atoms with Crippen molar-refractivity contribution in [3.8, 4) is 11.5 Å². The predicted molar refractivity (Wildman–Crippen MR) is 53.3 cm³/mol. The van der Waals surface area contributed by atoms with Crippen LogP contribution in [0, 0.1) is 0 Å². The van der Waals surface area contributed by atoms with E-state index in [4.69, 9.17) is 14.6 Å².